The van der Waals surface area contributed by atoms with Crippen molar-refractivity contribution in [2.24, 2.45) is 0 Å². The van der Waals surface area contributed by atoms with Crippen LogP contribution < -0.4 is 0 Å². The molecule has 2 unspecified atom stereocenters. The molecule has 0 aliphatic rings. The molecular weight excluding hydrogens is 1470 g/mol. The fourth-order valence-corrected chi connectivity index (χ4v) is 16.7. The van der Waals surface area contributed by atoms with Crippen LogP contribution in [-0.2, 0) is 65.4 Å². The lowest BCUT2D eigenvalue weighted by molar-refractivity contribution is -0.161. The molecule has 0 radical (unpaired) electrons. The van der Waals surface area contributed by atoms with Gasteiger partial charge in [0.15, 0.2) is 12.2 Å². The van der Waals surface area contributed by atoms with E-state index in [-0.39, 0.29) is 25.7 Å². The Hall–Kier alpha value is -1.94. The number of ether oxygens (including phenoxy) is 4. The van der Waals surface area contributed by atoms with Gasteiger partial charge in [-0.25, -0.2) is 9.13 Å². The summed E-state index contributed by atoms with van der Waals surface area (Å²) in [6.07, 6.45) is 87.7. The van der Waals surface area contributed by atoms with Crippen LogP contribution >= 0.6 is 15.6 Å². The number of phosphoric ester groups is 2. The minimum Gasteiger partial charge on any atom is -0.462 e. The SMILES string of the molecule is CCCCCCCCCCCCCCCCCCCCCCCCC(=O)O[C@H](COC(=O)CCCCCCCCCCCCCCCCCCCCCCC)COP(=O)(O)OC[C@@H](O)COP(=O)(O)OC[C@@H](COC(=O)CCCCCCCCCCCCCCC)OC(=O)CCCCCCCCCCCCCCCCCCCC. The summed E-state index contributed by atoms with van der Waals surface area (Å²) >= 11 is 0. The molecular formula is C95H186O17P2. The molecule has 0 saturated heterocycles. The number of carbonyl (C=O) groups is 4. The van der Waals surface area contributed by atoms with E-state index >= 15 is 0 Å². The second kappa shape index (κ2) is 88.8. The second-order valence-corrected chi connectivity index (χ2v) is 37.0. The second-order valence-electron chi connectivity index (χ2n) is 34.1. The fourth-order valence-electron chi connectivity index (χ4n) is 15.1. The molecule has 0 aliphatic carbocycles. The van der Waals surface area contributed by atoms with Gasteiger partial charge in [-0.05, 0) is 25.7 Å². The van der Waals surface area contributed by atoms with Gasteiger partial charge in [-0.1, -0.05) is 477 Å². The molecule has 0 amide bonds. The molecule has 5 atom stereocenters. The van der Waals surface area contributed by atoms with E-state index in [0.717, 1.165) is 89.9 Å². The van der Waals surface area contributed by atoms with E-state index in [1.165, 1.54) is 360 Å². The monoisotopic (exact) mass is 1660 g/mol. The minimum atomic E-state index is -4.97. The molecule has 0 fully saturated rings. The molecule has 678 valence electrons. The van der Waals surface area contributed by atoms with Gasteiger partial charge in [-0.2, -0.15) is 0 Å². The predicted octanol–water partition coefficient (Wildman–Crippen LogP) is 30.0. The zero-order valence-corrected chi connectivity index (χ0v) is 76.9. The van der Waals surface area contributed by atoms with E-state index in [1.807, 2.05) is 0 Å². The number of rotatable bonds is 96. The highest BCUT2D eigenvalue weighted by Crippen LogP contribution is 2.45. The number of carbonyl (C=O) groups excluding carboxylic acids is 4. The third-order valence-electron chi connectivity index (χ3n) is 22.6. The standard InChI is InChI=1S/C95H186O17P2/c1-5-9-13-17-21-25-29-33-36-39-42-44-46-48-51-54-58-62-66-70-74-78-82-95(100)112-91(86-106-93(98)80-76-72-68-64-60-56-52-50-47-45-43-40-37-34-30-26-22-18-14-10-6-2)88-110-114(103,104)108-84-89(96)83-107-113(101,102)109-87-90(85-105-92(97)79-75-71-67-63-59-55-32-28-24-20-16-12-8-4)111-94(99)81-77-73-69-65-61-57-53-49-41-38-35-31-27-23-19-15-11-7-3/h89-91,96H,5-88H2,1-4H3,(H,101,102)(H,103,104)/t89-,90+,91+/m0/s1. The number of aliphatic hydroxyl groups is 1. The molecule has 0 aromatic carbocycles. The number of esters is 4. The Balaban J connectivity index is 5.24. The zero-order valence-electron chi connectivity index (χ0n) is 75.1. The van der Waals surface area contributed by atoms with Crippen molar-refractivity contribution in [3.05, 3.63) is 0 Å². The highest BCUT2D eigenvalue weighted by molar-refractivity contribution is 7.47. The first-order valence-corrected chi connectivity index (χ1v) is 52.3. The van der Waals surface area contributed by atoms with Gasteiger partial charge in [0.2, 0.25) is 0 Å². The molecule has 0 rings (SSSR count). The number of unbranched alkanes of at least 4 members (excludes halogenated alkanes) is 70. The van der Waals surface area contributed by atoms with Crippen LogP contribution in [0.25, 0.3) is 0 Å². The highest BCUT2D eigenvalue weighted by Gasteiger charge is 2.31. The lowest BCUT2D eigenvalue weighted by atomic mass is 10.0. The van der Waals surface area contributed by atoms with Gasteiger partial charge in [0, 0.05) is 25.7 Å². The minimum absolute atomic E-state index is 0.110. The lowest BCUT2D eigenvalue weighted by Crippen LogP contribution is -2.30. The summed E-state index contributed by atoms with van der Waals surface area (Å²) in [5, 5.41) is 10.7. The Morgan fingerprint density at radius 1 is 0.211 bits per heavy atom. The van der Waals surface area contributed by atoms with E-state index < -0.39 is 97.5 Å². The van der Waals surface area contributed by atoms with Crippen molar-refractivity contribution in [2.75, 3.05) is 39.6 Å². The Labute approximate surface area is 702 Å². The Morgan fingerprint density at radius 3 is 0.518 bits per heavy atom. The van der Waals surface area contributed by atoms with Gasteiger partial charge < -0.3 is 33.8 Å². The van der Waals surface area contributed by atoms with Gasteiger partial charge >= 0.3 is 39.5 Å². The summed E-state index contributed by atoms with van der Waals surface area (Å²) in [6.45, 7) is 5.11. The first-order valence-electron chi connectivity index (χ1n) is 49.3. The van der Waals surface area contributed by atoms with Gasteiger partial charge in [-0.15, -0.1) is 0 Å². The normalized spacial score (nSPS) is 13.6. The molecule has 114 heavy (non-hydrogen) atoms. The third-order valence-corrected chi connectivity index (χ3v) is 24.5. The van der Waals surface area contributed by atoms with Crippen LogP contribution in [0.2, 0.25) is 0 Å². The summed E-state index contributed by atoms with van der Waals surface area (Å²) < 4.78 is 69.2. The summed E-state index contributed by atoms with van der Waals surface area (Å²) in [5.41, 5.74) is 0. The summed E-state index contributed by atoms with van der Waals surface area (Å²) in [4.78, 5) is 73.6. The Kier molecular flexibility index (Phi) is 87.3. The van der Waals surface area contributed by atoms with Gasteiger partial charge in [0.1, 0.15) is 19.3 Å². The van der Waals surface area contributed by atoms with E-state index in [4.69, 9.17) is 37.0 Å². The molecule has 0 saturated carbocycles. The van der Waals surface area contributed by atoms with Gasteiger partial charge in [0.25, 0.3) is 0 Å². The lowest BCUT2D eigenvalue weighted by Gasteiger charge is -2.21. The van der Waals surface area contributed by atoms with Crippen LogP contribution in [0, 0.1) is 0 Å². The number of aliphatic hydroxyl groups excluding tert-OH is 1. The molecule has 0 heterocycles. The van der Waals surface area contributed by atoms with Crippen molar-refractivity contribution in [1.29, 1.82) is 0 Å². The van der Waals surface area contributed by atoms with Crippen LogP contribution in [0.4, 0.5) is 0 Å². The smallest absolute Gasteiger partial charge is 0.462 e. The Morgan fingerprint density at radius 2 is 0.351 bits per heavy atom. The molecule has 0 aromatic heterocycles. The quantitative estimate of drug-likeness (QED) is 0.0222. The molecule has 0 aliphatic heterocycles. The van der Waals surface area contributed by atoms with Crippen molar-refractivity contribution >= 4 is 39.5 Å². The van der Waals surface area contributed by atoms with E-state index in [0.29, 0.717) is 25.7 Å². The average molecular weight is 1660 g/mol. The maximum Gasteiger partial charge on any atom is 0.472 e. The molecule has 0 aromatic rings. The molecule has 0 spiro atoms. The van der Waals surface area contributed by atoms with Gasteiger partial charge in [0.05, 0.1) is 26.4 Å². The largest absolute Gasteiger partial charge is 0.472 e. The summed E-state index contributed by atoms with van der Waals surface area (Å²) in [6, 6.07) is 0. The van der Waals surface area contributed by atoms with Crippen LogP contribution in [-0.4, -0.2) is 96.7 Å². The van der Waals surface area contributed by atoms with Crippen molar-refractivity contribution in [2.45, 2.75) is 547 Å². The number of hydrogen-bond donors (Lipinski definition) is 3. The topological polar surface area (TPSA) is 237 Å². The van der Waals surface area contributed by atoms with E-state index in [2.05, 4.69) is 27.7 Å². The van der Waals surface area contributed by atoms with Crippen molar-refractivity contribution in [1.82, 2.24) is 0 Å². The fraction of sp³-hybridized carbons (Fsp3) is 0.958. The highest BCUT2D eigenvalue weighted by atomic mass is 31.2. The summed E-state index contributed by atoms with van der Waals surface area (Å²) in [5.74, 6) is -2.09. The molecule has 19 heteroatoms. The van der Waals surface area contributed by atoms with E-state index in [9.17, 15) is 43.2 Å². The maximum atomic E-state index is 13.2. The van der Waals surface area contributed by atoms with Crippen LogP contribution in [0.5, 0.6) is 0 Å². The average Bonchev–Trinajstić information content (AvgIpc) is 0.901. The van der Waals surface area contributed by atoms with Crippen LogP contribution in [0.1, 0.15) is 529 Å². The van der Waals surface area contributed by atoms with Crippen LogP contribution in [0.15, 0.2) is 0 Å². The zero-order chi connectivity index (χ0) is 83.1. The van der Waals surface area contributed by atoms with Crippen molar-refractivity contribution < 1.29 is 80.2 Å². The number of hydrogen-bond acceptors (Lipinski definition) is 15. The Bertz CT molecular complexity index is 2140. The van der Waals surface area contributed by atoms with E-state index in [1.54, 1.807) is 0 Å². The predicted molar refractivity (Wildman–Crippen MR) is 474 cm³/mol. The third kappa shape index (κ3) is 87.9. The molecule has 0 bridgehead atoms. The molecule has 17 nitrogen and oxygen atoms in total. The first kappa shape index (κ1) is 112. The maximum absolute atomic E-state index is 13.2. The van der Waals surface area contributed by atoms with Crippen molar-refractivity contribution in [3.8, 4) is 0 Å². The van der Waals surface area contributed by atoms with Crippen molar-refractivity contribution in [3.63, 3.8) is 0 Å². The molecule has 3 N–H and O–H groups in total. The summed E-state index contributed by atoms with van der Waals surface area (Å²) in [7, 11) is -9.94. The van der Waals surface area contributed by atoms with Gasteiger partial charge in [-0.3, -0.25) is 37.3 Å². The van der Waals surface area contributed by atoms with Crippen LogP contribution in [0.3, 0.4) is 0 Å². The number of phosphoric acid groups is 2. The first-order chi connectivity index (χ1) is 55.7.